The topological polar surface area (TPSA) is 62.2 Å². The van der Waals surface area contributed by atoms with Gasteiger partial charge in [-0.3, -0.25) is 0 Å². The minimum atomic E-state index is -0.949. The second-order valence-corrected chi connectivity index (χ2v) is 5.19. The first-order valence-corrected chi connectivity index (χ1v) is 6.92. The van der Waals surface area contributed by atoms with Crippen LogP contribution in [0.15, 0.2) is 30.5 Å². The lowest BCUT2D eigenvalue weighted by Crippen LogP contribution is -2.24. The van der Waals surface area contributed by atoms with Crippen molar-refractivity contribution in [3.05, 3.63) is 36.0 Å². The Morgan fingerprint density at radius 2 is 1.95 bits per heavy atom. The number of nitrogens with one attached hydrogen (secondary N) is 1. The van der Waals surface area contributed by atoms with Crippen molar-refractivity contribution >= 4 is 22.6 Å². The lowest BCUT2D eigenvalue weighted by molar-refractivity contribution is 0.0698. The molecule has 1 heterocycles. The van der Waals surface area contributed by atoms with Gasteiger partial charge in [0.25, 0.3) is 0 Å². The first-order valence-electron chi connectivity index (χ1n) is 6.92. The van der Waals surface area contributed by atoms with Crippen LogP contribution in [0.5, 0.6) is 0 Å². The summed E-state index contributed by atoms with van der Waals surface area (Å²) in [6.07, 6.45) is 2.51. The number of anilines is 1. The smallest absolute Gasteiger partial charge is 0.337 e. The number of nitrogens with zero attached hydrogens (tertiary/aromatic N) is 1. The summed E-state index contributed by atoms with van der Waals surface area (Å²) < 4.78 is 0. The summed E-state index contributed by atoms with van der Waals surface area (Å²) in [6, 6.07) is 7.75. The summed E-state index contributed by atoms with van der Waals surface area (Å²) in [7, 11) is 0. The molecule has 2 aromatic rings. The molecule has 0 saturated heterocycles. The van der Waals surface area contributed by atoms with E-state index in [1.165, 1.54) is 6.20 Å². The molecule has 20 heavy (non-hydrogen) atoms. The van der Waals surface area contributed by atoms with E-state index in [0.29, 0.717) is 11.3 Å². The van der Waals surface area contributed by atoms with E-state index in [0.717, 1.165) is 17.6 Å². The van der Waals surface area contributed by atoms with E-state index in [1.807, 2.05) is 24.3 Å². The number of rotatable bonds is 5. The van der Waals surface area contributed by atoms with Gasteiger partial charge in [-0.1, -0.05) is 44.5 Å². The molecule has 0 bridgehead atoms. The van der Waals surface area contributed by atoms with Gasteiger partial charge in [-0.05, 0) is 12.8 Å². The van der Waals surface area contributed by atoms with E-state index in [2.05, 4.69) is 31.1 Å². The Morgan fingerprint density at radius 3 is 2.55 bits per heavy atom. The molecule has 2 atom stereocenters. The molecule has 2 rings (SSSR count). The Labute approximate surface area is 118 Å². The molecule has 1 aromatic carbocycles. The average molecular weight is 272 g/mol. The molecule has 0 aliphatic carbocycles. The van der Waals surface area contributed by atoms with Gasteiger partial charge in [0, 0.05) is 23.0 Å². The van der Waals surface area contributed by atoms with Crippen molar-refractivity contribution in [2.24, 2.45) is 5.92 Å². The number of aromatic carboxylic acids is 1. The Bertz CT molecular complexity index is 625. The molecule has 0 radical (unpaired) electrons. The Kier molecular flexibility index (Phi) is 4.23. The summed E-state index contributed by atoms with van der Waals surface area (Å²) in [5.41, 5.74) is 0.238. The first-order chi connectivity index (χ1) is 9.54. The fourth-order valence-electron chi connectivity index (χ4n) is 2.19. The number of carboxylic acids is 1. The van der Waals surface area contributed by atoms with Gasteiger partial charge >= 0.3 is 5.97 Å². The van der Waals surface area contributed by atoms with Crippen molar-refractivity contribution in [1.29, 1.82) is 0 Å². The summed E-state index contributed by atoms with van der Waals surface area (Å²) in [5.74, 6) is 0.323. The Hall–Kier alpha value is -2.10. The normalized spacial score (nSPS) is 13.9. The molecule has 2 N–H and O–H groups in total. The second kappa shape index (κ2) is 5.90. The molecule has 0 aliphatic heterocycles. The van der Waals surface area contributed by atoms with Crippen molar-refractivity contribution in [3.63, 3.8) is 0 Å². The number of carbonyl (C=O) groups is 1. The lowest BCUT2D eigenvalue weighted by Gasteiger charge is -2.21. The molecule has 0 aliphatic rings. The van der Waals surface area contributed by atoms with E-state index in [-0.39, 0.29) is 11.6 Å². The molecule has 4 heteroatoms. The van der Waals surface area contributed by atoms with Crippen molar-refractivity contribution in [2.45, 2.75) is 33.2 Å². The minimum absolute atomic E-state index is 0.238. The van der Waals surface area contributed by atoms with Gasteiger partial charge < -0.3 is 10.4 Å². The van der Waals surface area contributed by atoms with E-state index >= 15 is 0 Å². The highest BCUT2D eigenvalue weighted by molar-refractivity contribution is 6.06. The van der Waals surface area contributed by atoms with Gasteiger partial charge in [-0.15, -0.1) is 0 Å². The predicted octanol–water partition coefficient (Wildman–Crippen LogP) is 3.78. The molecule has 4 nitrogen and oxygen atoms in total. The highest BCUT2D eigenvalue weighted by atomic mass is 16.4. The minimum Gasteiger partial charge on any atom is -0.478 e. The zero-order chi connectivity index (χ0) is 14.7. The van der Waals surface area contributed by atoms with Crippen LogP contribution in [0.25, 0.3) is 10.8 Å². The SMILES string of the molecule is CCC(C)C(C)Nc1ncc(C(=O)O)c2ccccc12. The van der Waals surface area contributed by atoms with Crippen LogP contribution in [0, 0.1) is 5.92 Å². The van der Waals surface area contributed by atoms with Gasteiger partial charge in [0.15, 0.2) is 0 Å². The number of pyridine rings is 1. The molecule has 0 amide bonds. The van der Waals surface area contributed by atoms with E-state index in [9.17, 15) is 9.90 Å². The zero-order valence-electron chi connectivity index (χ0n) is 12.1. The van der Waals surface area contributed by atoms with Crippen molar-refractivity contribution < 1.29 is 9.90 Å². The number of hydrogen-bond acceptors (Lipinski definition) is 3. The molecule has 0 fully saturated rings. The average Bonchev–Trinajstić information content (AvgIpc) is 2.46. The van der Waals surface area contributed by atoms with E-state index in [1.54, 1.807) is 0 Å². The maximum absolute atomic E-state index is 11.2. The predicted molar refractivity (Wildman–Crippen MR) is 81.2 cm³/mol. The van der Waals surface area contributed by atoms with Crippen LogP contribution in [0.2, 0.25) is 0 Å². The number of aromatic nitrogens is 1. The second-order valence-electron chi connectivity index (χ2n) is 5.19. The van der Waals surface area contributed by atoms with Crippen molar-refractivity contribution in [2.75, 3.05) is 5.32 Å². The van der Waals surface area contributed by atoms with Gasteiger partial charge in [-0.25, -0.2) is 9.78 Å². The summed E-state index contributed by atoms with van der Waals surface area (Å²) in [4.78, 5) is 15.5. The highest BCUT2D eigenvalue weighted by Crippen LogP contribution is 2.26. The Morgan fingerprint density at radius 1 is 1.30 bits per heavy atom. The van der Waals surface area contributed by atoms with Crippen LogP contribution in [0.4, 0.5) is 5.82 Å². The molecule has 0 spiro atoms. The number of benzene rings is 1. The molecule has 106 valence electrons. The van der Waals surface area contributed by atoms with Crippen LogP contribution in [-0.4, -0.2) is 22.1 Å². The fraction of sp³-hybridized carbons (Fsp3) is 0.375. The lowest BCUT2D eigenvalue weighted by atomic mass is 10.0. The van der Waals surface area contributed by atoms with Gasteiger partial charge in [-0.2, -0.15) is 0 Å². The van der Waals surface area contributed by atoms with Gasteiger partial charge in [0.2, 0.25) is 0 Å². The first kappa shape index (κ1) is 14.3. The van der Waals surface area contributed by atoms with Crippen LogP contribution in [-0.2, 0) is 0 Å². The van der Waals surface area contributed by atoms with Crippen molar-refractivity contribution in [3.8, 4) is 0 Å². The summed E-state index contributed by atoms with van der Waals surface area (Å²) >= 11 is 0. The quantitative estimate of drug-likeness (QED) is 0.869. The van der Waals surface area contributed by atoms with Crippen LogP contribution in [0.1, 0.15) is 37.6 Å². The highest BCUT2D eigenvalue weighted by Gasteiger charge is 2.15. The van der Waals surface area contributed by atoms with E-state index in [4.69, 9.17) is 0 Å². The maximum atomic E-state index is 11.2. The molecule has 1 aromatic heterocycles. The Balaban J connectivity index is 2.46. The number of hydrogen-bond donors (Lipinski definition) is 2. The summed E-state index contributed by atoms with van der Waals surface area (Å²) in [6.45, 7) is 6.46. The molecule has 0 saturated carbocycles. The monoisotopic (exact) mass is 272 g/mol. The standard InChI is InChI=1S/C16H20N2O2/c1-4-10(2)11(3)18-15-13-8-6-5-7-12(13)14(9-17-15)16(19)20/h5-11H,4H2,1-3H3,(H,17,18)(H,19,20). The maximum Gasteiger partial charge on any atom is 0.337 e. The van der Waals surface area contributed by atoms with Gasteiger partial charge in [0.05, 0.1) is 5.56 Å². The number of carboxylic acid groups (broad SMARTS) is 1. The van der Waals surface area contributed by atoms with Crippen LogP contribution in [0.3, 0.4) is 0 Å². The van der Waals surface area contributed by atoms with Gasteiger partial charge in [0.1, 0.15) is 5.82 Å². The third kappa shape index (κ3) is 2.74. The van der Waals surface area contributed by atoms with Crippen molar-refractivity contribution in [1.82, 2.24) is 4.98 Å². The largest absolute Gasteiger partial charge is 0.478 e. The third-order valence-electron chi connectivity index (χ3n) is 3.89. The molecule has 2 unspecified atom stereocenters. The van der Waals surface area contributed by atoms with E-state index < -0.39 is 5.97 Å². The van der Waals surface area contributed by atoms with Crippen LogP contribution < -0.4 is 5.32 Å². The molecular formula is C16H20N2O2. The number of fused-ring (bicyclic) bond motifs is 1. The third-order valence-corrected chi connectivity index (χ3v) is 3.89. The fourth-order valence-corrected chi connectivity index (χ4v) is 2.19. The summed E-state index contributed by atoms with van der Waals surface area (Å²) in [5, 5.41) is 14.2. The molecular weight excluding hydrogens is 252 g/mol. The zero-order valence-corrected chi connectivity index (χ0v) is 12.1. The van der Waals surface area contributed by atoms with Crippen LogP contribution >= 0.6 is 0 Å².